The van der Waals surface area contributed by atoms with Gasteiger partial charge in [0.25, 0.3) is 0 Å². The smallest absolute Gasteiger partial charge is 0.211 e. The summed E-state index contributed by atoms with van der Waals surface area (Å²) in [6.07, 6.45) is 2.04. The predicted molar refractivity (Wildman–Crippen MR) is 88.8 cm³/mol. The first-order valence-electron chi connectivity index (χ1n) is 7.18. The lowest BCUT2D eigenvalue weighted by Crippen LogP contribution is -2.32. The average Bonchev–Trinajstić information content (AvgIpc) is 2.68. The van der Waals surface area contributed by atoms with Gasteiger partial charge in [-0.15, -0.1) is 0 Å². The summed E-state index contributed by atoms with van der Waals surface area (Å²) in [7, 11) is -3.08. The Labute approximate surface area is 136 Å². The van der Waals surface area contributed by atoms with Crippen LogP contribution in [0.5, 0.6) is 0 Å². The highest BCUT2D eigenvalue weighted by Gasteiger charge is 2.14. The van der Waals surface area contributed by atoms with Crippen LogP contribution >= 0.6 is 15.9 Å². The van der Waals surface area contributed by atoms with Crippen LogP contribution in [-0.2, 0) is 23.1 Å². The topological polar surface area (TPSA) is 67.2 Å². The molecule has 0 atom stereocenters. The van der Waals surface area contributed by atoms with Crippen LogP contribution in [0.1, 0.15) is 31.7 Å². The second-order valence-electron chi connectivity index (χ2n) is 4.95. The van der Waals surface area contributed by atoms with Gasteiger partial charge in [0.15, 0.2) is 0 Å². The van der Waals surface area contributed by atoms with E-state index in [0.29, 0.717) is 13.1 Å². The van der Waals surface area contributed by atoms with Crippen molar-refractivity contribution in [1.82, 2.24) is 19.4 Å². The van der Waals surface area contributed by atoms with Gasteiger partial charge in [0, 0.05) is 26.2 Å². The molecule has 8 heteroatoms. The van der Waals surface area contributed by atoms with Crippen molar-refractivity contribution >= 4 is 26.0 Å². The summed E-state index contributed by atoms with van der Waals surface area (Å²) in [4.78, 5) is 0. The minimum absolute atomic E-state index is 0.520. The fourth-order valence-electron chi connectivity index (χ4n) is 2.18. The number of rotatable bonds is 9. The fraction of sp³-hybridized carbons (Fsp3) is 0.769. The molecule has 0 aromatic carbocycles. The quantitative estimate of drug-likeness (QED) is 0.662. The maximum Gasteiger partial charge on any atom is 0.211 e. The van der Waals surface area contributed by atoms with Crippen molar-refractivity contribution in [2.75, 3.05) is 25.9 Å². The van der Waals surface area contributed by atoms with Gasteiger partial charge in [-0.3, -0.25) is 4.68 Å². The Kier molecular flexibility index (Phi) is 7.32. The molecule has 122 valence electrons. The standard InChI is InChI=1S/C13H25BrN4O2S/c1-5-17(21(4,19)20)9-7-8-15-10-12-13(14)11(3)16-18(12)6-2/h15H,5-10H2,1-4H3. The molecule has 1 heterocycles. The van der Waals surface area contributed by atoms with E-state index < -0.39 is 10.0 Å². The van der Waals surface area contributed by atoms with Gasteiger partial charge in [-0.05, 0) is 42.7 Å². The first kappa shape index (κ1) is 18.6. The molecule has 0 unspecified atom stereocenters. The maximum absolute atomic E-state index is 11.5. The van der Waals surface area contributed by atoms with Crippen LogP contribution in [0.3, 0.4) is 0 Å². The molecular formula is C13H25BrN4O2S. The number of aryl methyl sites for hydroxylation is 2. The summed E-state index contributed by atoms with van der Waals surface area (Å²) in [6, 6.07) is 0. The Hall–Kier alpha value is -0.440. The Balaban J connectivity index is 2.42. The van der Waals surface area contributed by atoms with Crippen molar-refractivity contribution in [3.63, 3.8) is 0 Å². The Morgan fingerprint density at radius 2 is 2.05 bits per heavy atom. The molecule has 0 aliphatic rings. The number of aromatic nitrogens is 2. The van der Waals surface area contributed by atoms with E-state index in [4.69, 9.17) is 0 Å². The first-order valence-corrected chi connectivity index (χ1v) is 9.83. The number of sulfonamides is 1. The molecule has 0 amide bonds. The third kappa shape index (κ3) is 5.36. The highest BCUT2D eigenvalue weighted by Crippen LogP contribution is 2.20. The summed E-state index contributed by atoms with van der Waals surface area (Å²) < 4.78 is 27.4. The SMILES string of the molecule is CCN(CCCNCc1c(Br)c(C)nn1CC)S(C)(=O)=O. The monoisotopic (exact) mass is 380 g/mol. The minimum Gasteiger partial charge on any atom is -0.311 e. The van der Waals surface area contributed by atoms with Gasteiger partial charge in [0.1, 0.15) is 0 Å². The number of nitrogens with zero attached hydrogens (tertiary/aromatic N) is 3. The molecule has 0 aliphatic carbocycles. The highest BCUT2D eigenvalue weighted by molar-refractivity contribution is 9.10. The third-order valence-corrected chi connectivity index (χ3v) is 5.74. The maximum atomic E-state index is 11.5. The van der Waals surface area contributed by atoms with E-state index in [1.807, 2.05) is 18.5 Å². The van der Waals surface area contributed by atoms with E-state index in [0.717, 1.165) is 41.9 Å². The lowest BCUT2D eigenvalue weighted by molar-refractivity contribution is 0.418. The molecule has 0 radical (unpaired) electrons. The van der Waals surface area contributed by atoms with Gasteiger partial charge in [0.2, 0.25) is 10.0 Å². The van der Waals surface area contributed by atoms with E-state index in [1.165, 1.54) is 10.6 Å². The van der Waals surface area contributed by atoms with Gasteiger partial charge < -0.3 is 5.32 Å². The predicted octanol–water partition coefficient (Wildman–Crippen LogP) is 1.74. The molecule has 0 saturated heterocycles. The van der Waals surface area contributed by atoms with Gasteiger partial charge in [-0.1, -0.05) is 6.92 Å². The zero-order valence-corrected chi connectivity index (χ0v) is 15.6. The number of hydrogen-bond acceptors (Lipinski definition) is 4. The Morgan fingerprint density at radius 1 is 1.38 bits per heavy atom. The van der Waals surface area contributed by atoms with Crippen LogP contribution in [0.4, 0.5) is 0 Å². The number of halogens is 1. The molecule has 0 bridgehead atoms. The third-order valence-electron chi connectivity index (χ3n) is 3.33. The second kappa shape index (κ2) is 8.26. The Morgan fingerprint density at radius 3 is 2.57 bits per heavy atom. The summed E-state index contributed by atoms with van der Waals surface area (Å²) in [5.74, 6) is 0. The van der Waals surface area contributed by atoms with Crippen LogP contribution < -0.4 is 5.32 Å². The van der Waals surface area contributed by atoms with Gasteiger partial charge in [0.05, 0.1) is 22.1 Å². The minimum atomic E-state index is -3.08. The molecule has 6 nitrogen and oxygen atoms in total. The van der Waals surface area contributed by atoms with Crippen LogP contribution in [0.15, 0.2) is 4.47 Å². The van der Waals surface area contributed by atoms with Crippen LogP contribution in [-0.4, -0.2) is 48.4 Å². The van der Waals surface area contributed by atoms with Gasteiger partial charge in [-0.2, -0.15) is 5.10 Å². The zero-order chi connectivity index (χ0) is 16.0. The Bertz CT molecular complexity index is 557. The molecule has 21 heavy (non-hydrogen) atoms. The van der Waals surface area contributed by atoms with Crippen molar-refractivity contribution in [2.24, 2.45) is 0 Å². The molecule has 1 aromatic rings. The zero-order valence-electron chi connectivity index (χ0n) is 13.2. The van der Waals surface area contributed by atoms with E-state index in [2.05, 4.69) is 33.3 Å². The van der Waals surface area contributed by atoms with Crippen LogP contribution in [0, 0.1) is 6.92 Å². The van der Waals surface area contributed by atoms with Crippen LogP contribution in [0.25, 0.3) is 0 Å². The lowest BCUT2D eigenvalue weighted by Gasteiger charge is -2.17. The summed E-state index contributed by atoms with van der Waals surface area (Å²) in [6.45, 7) is 9.29. The molecule has 0 spiro atoms. The van der Waals surface area contributed by atoms with Crippen molar-refractivity contribution in [3.05, 3.63) is 15.9 Å². The molecule has 1 N–H and O–H groups in total. The fourth-order valence-corrected chi connectivity index (χ4v) is 3.54. The largest absolute Gasteiger partial charge is 0.311 e. The van der Waals surface area contributed by atoms with E-state index in [1.54, 1.807) is 0 Å². The van der Waals surface area contributed by atoms with Crippen molar-refractivity contribution in [1.29, 1.82) is 0 Å². The molecule has 0 fully saturated rings. The van der Waals surface area contributed by atoms with E-state index >= 15 is 0 Å². The molecule has 1 rings (SSSR count). The molecule has 0 saturated carbocycles. The normalized spacial score (nSPS) is 12.3. The summed E-state index contributed by atoms with van der Waals surface area (Å²) in [5.41, 5.74) is 2.12. The number of hydrogen-bond donors (Lipinski definition) is 1. The molecule has 0 aliphatic heterocycles. The van der Waals surface area contributed by atoms with Gasteiger partial charge >= 0.3 is 0 Å². The number of nitrogens with one attached hydrogen (secondary N) is 1. The van der Waals surface area contributed by atoms with Gasteiger partial charge in [-0.25, -0.2) is 12.7 Å². The summed E-state index contributed by atoms with van der Waals surface area (Å²) in [5, 5.41) is 7.79. The van der Waals surface area contributed by atoms with Crippen molar-refractivity contribution in [2.45, 2.75) is 40.3 Å². The molecular weight excluding hydrogens is 356 g/mol. The van der Waals surface area contributed by atoms with Crippen LogP contribution in [0.2, 0.25) is 0 Å². The second-order valence-corrected chi connectivity index (χ2v) is 7.72. The molecule has 1 aromatic heterocycles. The highest BCUT2D eigenvalue weighted by atomic mass is 79.9. The lowest BCUT2D eigenvalue weighted by atomic mass is 10.3. The van der Waals surface area contributed by atoms with Crippen molar-refractivity contribution < 1.29 is 8.42 Å². The van der Waals surface area contributed by atoms with E-state index in [-0.39, 0.29) is 0 Å². The summed E-state index contributed by atoms with van der Waals surface area (Å²) >= 11 is 3.56. The van der Waals surface area contributed by atoms with Crippen molar-refractivity contribution in [3.8, 4) is 0 Å². The van der Waals surface area contributed by atoms with E-state index in [9.17, 15) is 8.42 Å². The average molecular weight is 381 g/mol. The first-order chi connectivity index (χ1) is 9.81.